The van der Waals surface area contributed by atoms with Gasteiger partial charge in [-0.2, -0.15) is 0 Å². The Morgan fingerprint density at radius 1 is 1.53 bits per heavy atom. The van der Waals surface area contributed by atoms with Gasteiger partial charge in [0, 0.05) is 26.1 Å². The minimum absolute atomic E-state index is 0.107. The molecular formula is C10H18N4O3. The van der Waals surface area contributed by atoms with E-state index in [1.165, 1.54) is 0 Å². The predicted molar refractivity (Wildman–Crippen MR) is 61.0 cm³/mol. The summed E-state index contributed by atoms with van der Waals surface area (Å²) in [5.41, 5.74) is 5.23. The third-order valence-corrected chi connectivity index (χ3v) is 2.54. The number of hydrogen-bond donors (Lipinski definition) is 3. The Hall–Kier alpha value is -1.63. The standard InChI is InChI=1S/C10H18N4O3/c1-2-7-9(16)14(10(17)13-7)6-3-8(15)12-5-4-11/h7H,2-6,11H2,1H3,(H,12,15)(H,13,17). The van der Waals surface area contributed by atoms with Crippen LogP contribution in [0.3, 0.4) is 0 Å². The van der Waals surface area contributed by atoms with Crippen LogP contribution in [0.4, 0.5) is 4.79 Å². The van der Waals surface area contributed by atoms with Crippen molar-refractivity contribution in [3.05, 3.63) is 0 Å². The first-order chi connectivity index (χ1) is 8.10. The van der Waals surface area contributed by atoms with Crippen LogP contribution >= 0.6 is 0 Å². The summed E-state index contributed by atoms with van der Waals surface area (Å²) < 4.78 is 0. The van der Waals surface area contributed by atoms with Gasteiger partial charge in [0.25, 0.3) is 5.91 Å². The summed E-state index contributed by atoms with van der Waals surface area (Å²) in [5.74, 6) is -0.472. The summed E-state index contributed by atoms with van der Waals surface area (Å²) in [6.07, 6.45) is 0.663. The molecule has 1 heterocycles. The quantitative estimate of drug-likeness (QED) is 0.508. The molecule has 0 aromatic rings. The van der Waals surface area contributed by atoms with E-state index in [1.807, 2.05) is 6.92 Å². The van der Waals surface area contributed by atoms with Gasteiger partial charge in [-0.25, -0.2) is 4.79 Å². The minimum atomic E-state index is -0.449. The van der Waals surface area contributed by atoms with Crippen LogP contribution in [-0.4, -0.2) is 48.4 Å². The van der Waals surface area contributed by atoms with Gasteiger partial charge in [-0.1, -0.05) is 6.92 Å². The third kappa shape index (κ3) is 3.42. The molecule has 1 unspecified atom stereocenters. The van der Waals surface area contributed by atoms with Crippen molar-refractivity contribution in [3.63, 3.8) is 0 Å². The van der Waals surface area contributed by atoms with Crippen LogP contribution in [0.5, 0.6) is 0 Å². The summed E-state index contributed by atoms with van der Waals surface area (Å²) >= 11 is 0. The molecule has 0 spiro atoms. The number of nitrogens with one attached hydrogen (secondary N) is 2. The molecule has 7 heteroatoms. The van der Waals surface area contributed by atoms with Crippen molar-refractivity contribution < 1.29 is 14.4 Å². The van der Waals surface area contributed by atoms with Crippen molar-refractivity contribution >= 4 is 17.8 Å². The minimum Gasteiger partial charge on any atom is -0.355 e. The van der Waals surface area contributed by atoms with Crippen molar-refractivity contribution in [2.45, 2.75) is 25.8 Å². The van der Waals surface area contributed by atoms with Crippen molar-refractivity contribution in [2.24, 2.45) is 5.73 Å². The SMILES string of the molecule is CCC1NC(=O)N(CCC(=O)NCCN)C1=O. The van der Waals surface area contributed by atoms with Gasteiger partial charge in [0.1, 0.15) is 6.04 Å². The van der Waals surface area contributed by atoms with Crippen molar-refractivity contribution in [1.82, 2.24) is 15.5 Å². The summed E-state index contributed by atoms with van der Waals surface area (Å²) in [5, 5.41) is 5.13. The van der Waals surface area contributed by atoms with E-state index >= 15 is 0 Å². The number of carbonyl (C=O) groups is 3. The fraction of sp³-hybridized carbons (Fsp3) is 0.700. The van der Waals surface area contributed by atoms with Gasteiger partial charge >= 0.3 is 6.03 Å². The van der Waals surface area contributed by atoms with Gasteiger partial charge in [-0.3, -0.25) is 14.5 Å². The summed E-state index contributed by atoms with van der Waals surface area (Å²) in [4.78, 5) is 35.5. The highest BCUT2D eigenvalue weighted by Gasteiger charge is 2.36. The molecule has 1 rings (SSSR count). The second-order valence-electron chi connectivity index (χ2n) is 3.79. The molecule has 96 valence electrons. The molecule has 0 aliphatic carbocycles. The molecular weight excluding hydrogens is 224 g/mol. The maximum atomic E-state index is 11.7. The summed E-state index contributed by atoms with van der Waals surface area (Å²) in [6, 6.07) is -0.872. The van der Waals surface area contributed by atoms with Crippen molar-refractivity contribution in [2.75, 3.05) is 19.6 Å². The highest BCUT2D eigenvalue weighted by atomic mass is 16.2. The Morgan fingerprint density at radius 3 is 2.76 bits per heavy atom. The maximum Gasteiger partial charge on any atom is 0.324 e. The van der Waals surface area contributed by atoms with E-state index in [1.54, 1.807) is 0 Å². The lowest BCUT2D eigenvalue weighted by Gasteiger charge is -2.12. The fourth-order valence-electron chi connectivity index (χ4n) is 1.58. The average Bonchev–Trinajstić information content (AvgIpc) is 2.59. The lowest BCUT2D eigenvalue weighted by Crippen LogP contribution is -2.36. The molecule has 1 fully saturated rings. The van der Waals surface area contributed by atoms with Crippen LogP contribution in [0.25, 0.3) is 0 Å². The normalized spacial score (nSPS) is 19.4. The molecule has 7 nitrogen and oxygen atoms in total. The van der Waals surface area contributed by atoms with E-state index in [4.69, 9.17) is 5.73 Å². The highest BCUT2D eigenvalue weighted by Crippen LogP contribution is 2.09. The molecule has 0 saturated carbocycles. The Kier molecular flexibility index (Phi) is 4.89. The molecule has 1 saturated heterocycles. The van der Waals surface area contributed by atoms with E-state index in [-0.39, 0.29) is 24.8 Å². The largest absolute Gasteiger partial charge is 0.355 e. The number of nitrogens with zero attached hydrogens (tertiary/aromatic N) is 1. The van der Waals surface area contributed by atoms with Gasteiger partial charge in [0.05, 0.1) is 0 Å². The first-order valence-corrected chi connectivity index (χ1v) is 5.68. The summed E-state index contributed by atoms with van der Waals surface area (Å²) in [6.45, 7) is 2.70. The third-order valence-electron chi connectivity index (χ3n) is 2.54. The van der Waals surface area contributed by atoms with E-state index in [2.05, 4.69) is 10.6 Å². The van der Waals surface area contributed by atoms with E-state index < -0.39 is 12.1 Å². The monoisotopic (exact) mass is 242 g/mol. The molecule has 1 aliphatic rings. The Balaban J connectivity index is 2.39. The van der Waals surface area contributed by atoms with Gasteiger partial charge in [0.15, 0.2) is 0 Å². The van der Waals surface area contributed by atoms with Gasteiger partial charge in [-0.05, 0) is 6.42 Å². The molecule has 0 aromatic carbocycles. The molecule has 1 aliphatic heterocycles. The molecule has 0 bridgehead atoms. The van der Waals surface area contributed by atoms with Crippen molar-refractivity contribution in [1.29, 1.82) is 0 Å². The molecule has 4 amide bonds. The molecule has 0 radical (unpaired) electrons. The molecule has 4 N–H and O–H groups in total. The first-order valence-electron chi connectivity index (χ1n) is 5.68. The first kappa shape index (κ1) is 13.4. The number of amides is 4. The second kappa shape index (κ2) is 6.19. The Bertz CT molecular complexity index is 319. The zero-order chi connectivity index (χ0) is 12.8. The number of carbonyl (C=O) groups excluding carboxylic acids is 3. The number of rotatable bonds is 6. The fourth-order valence-corrected chi connectivity index (χ4v) is 1.58. The van der Waals surface area contributed by atoms with Crippen LogP contribution in [-0.2, 0) is 9.59 Å². The van der Waals surface area contributed by atoms with E-state index in [9.17, 15) is 14.4 Å². The topological polar surface area (TPSA) is 105 Å². The maximum absolute atomic E-state index is 11.7. The van der Waals surface area contributed by atoms with Crippen LogP contribution < -0.4 is 16.4 Å². The molecule has 17 heavy (non-hydrogen) atoms. The van der Waals surface area contributed by atoms with Gasteiger partial charge in [0.2, 0.25) is 5.91 Å². The van der Waals surface area contributed by atoms with Crippen LogP contribution in [0.1, 0.15) is 19.8 Å². The molecule has 1 atom stereocenters. The summed E-state index contributed by atoms with van der Waals surface area (Å²) in [7, 11) is 0. The second-order valence-corrected chi connectivity index (χ2v) is 3.79. The Morgan fingerprint density at radius 2 is 2.24 bits per heavy atom. The Labute approximate surface area is 99.7 Å². The van der Waals surface area contributed by atoms with E-state index in [0.717, 1.165) is 4.90 Å². The lowest BCUT2D eigenvalue weighted by molar-refractivity contribution is -0.128. The van der Waals surface area contributed by atoms with Crippen molar-refractivity contribution in [3.8, 4) is 0 Å². The number of nitrogens with two attached hydrogens (primary N) is 1. The van der Waals surface area contributed by atoms with Crippen LogP contribution in [0.15, 0.2) is 0 Å². The van der Waals surface area contributed by atoms with Crippen LogP contribution in [0.2, 0.25) is 0 Å². The number of urea groups is 1. The zero-order valence-corrected chi connectivity index (χ0v) is 9.86. The smallest absolute Gasteiger partial charge is 0.324 e. The zero-order valence-electron chi connectivity index (χ0n) is 9.86. The number of imide groups is 1. The van der Waals surface area contributed by atoms with Gasteiger partial charge in [-0.15, -0.1) is 0 Å². The highest BCUT2D eigenvalue weighted by molar-refractivity contribution is 6.04. The number of hydrogen-bond acceptors (Lipinski definition) is 4. The van der Waals surface area contributed by atoms with Gasteiger partial charge < -0.3 is 16.4 Å². The lowest BCUT2D eigenvalue weighted by atomic mass is 10.2. The molecule has 0 aromatic heterocycles. The average molecular weight is 242 g/mol. The van der Waals surface area contributed by atoms with E-state index in [0.29, 0.717) is 19.5 Å². The van der Waals surface area contributed by atoms with Crippen LogP contribution in [0, 0.1) is 0 Å². The predicted octanol–water partition coefficient (Wildman–Crippen LogP) is -1.22.